The number of nitrogens with one attached hydrogen (secondary N) is 1. The number of ketones is 1. The van der Waals surface area contributed by atoms with Crippen LogP contribution < -0.4 is 5.32 Å². The normalized spacial score (nSPS) is 11.7. The van der Waals surface area contributed by atoms with Crippen molar-refractivity contribution in [3.8, 4) is 0 Å². The van der Waals surface area contributed by atoms with E-state index < -0.39 is 12.6 Å². The monoisotopic (exact) mass is 211 g/mol. The van der Waals surface area contributed by atoms with Crippen molar-refractivity contribution in [3.63, 3.8) is 0 Å². The van der Waals surface area contributed by atoms with E-state index >= 15 is 0 Å². The summed E-state index contributed by atoms with van der Waals surface area (Å²) in [6.07, 6.45) is -4.73. The van der Waals surface area contributed by atoms with E-state index in [-0.39, 0.29) is 18.6 Å². The molecule has 0 aromatic rings. The van der Waals surface area contributed by atoms with Crippen molar-refractivity contribution >= 4 is 5.78 Å². The summed E-state index contributed by atoms with van der Waals surface area (Å²) in [7, 11) is 0. The maximum absolute atomic E-state index is 11.7. The van der Waals surface area contributed by atoms with Crippen molar-refractivity contribution in [1.82, 2.24) is 5.32 Å². The quantitative estimate of drug-likeness (QED) is 0.654. The van der Waals surface area contributed by atoms with Gasteiger partial charge in [-0.2, -0.15) is 13.2 Å². The standard InChI is InChI=1S/C9H16F3NO/c1-2-13-7-5-8(14)4-3-6-9(10,11)12/h13H,2-7H2,1H3. The highest BCUT2D eigenvalue weighted by atomic mass is 19.4. The van der Waals surface area contributed by atoms with Gasteiger partial charge >= 0.3 is 6.18 Å². The van der Waals surface area contributed by atoms with E-state index in [9.17, 15) is 18.0 Å². The summed E-state index contributed by atoms with van der Waals surface area (Å²) >= 11 is 0. The summed E-state index contributed by atoms with van der Waals surface area (Å²) in [4.78, 5) is 11.0. The minimum atomic E-state index is -4.14. The average molecular weight is 211 g/mol. The molecule has 84 valence electrons. The zero-order valence-corrected chi connectivity index (χ0v) is 8.28. The van der Waals surface area contributed by atoms with Gasteiger partial charge in [-0.3, -0.25) is 4.79 Å². The van der Waals surface area contributed by atoms with Gasteiger partial charge in [0.2, 0.25) is 0 Å². The van der Waals surface area contributed by atoms with E-state index in [1.165, 1.54) is 0 Å². The highest BCUT2D eigenvalue weighted by Crippen LogP contribution is 2.22. The van der Waals surface area contributed by atoms with Gasteiger partial charge in [0.1, 0.15) is 5.78 Å². The van der Waals surface area contributed by atoms with Crippen molar-refractivity contribution in [2.45, 2.75) is 38.8 Å². The smallest absolute Gasteiger partial charge is 0.317 e. The van der Waals surface area contributed by atoms with Crippen LogP contribution in [-0.2, 0) is 4.79 Å². The van der Waals surface area contributed by atoms with Crippen molar-refractivity contribution < 1.29 is 18.0 Å². The first-order valence-electron chi connectivity index (χ1n) is 4.75. The molecule has 5 heteroatoms. The van der Waals surface area contributed by atoms with Gasteiger partial charge in [0, 0.05) is 25.8 Å². The molecule has 0 radical (unpaired) electrons. The van der Waals surface area contributed by atoms with E-state index in [1.54, 1.807) is 0 Å². The Hall–Kier alpha value is -0.580. The zero-order chi connectivity index (χ0) is 11.0. The lowest BCUT2D eigenvalue weighted by molar-refractivity contribution is -0.137. The number of hydrogen-bond donors (Lipinski definition) is 1. The summed E-state index contributed by atoms with van der Waals surface area (Å²) in [5.74, 6) is -0.102. The number of carbonyl (C=O) groups is 1. The molecule has 0 heterocycles. The minimum Gasteiger partial charge on any atom is -0.317 e. The molecule has 0 aromatic heterocycles. The van der Waals surface area contributed by atoms with E-state index in [0.29, 0.717) is 13.0 Å². The third-order valence-corrected chi connectivity index (χ3v) is 1.75. The summed E-state index contributed by atoms with van der Waals surface area (Å²) in [5.41, 5.74) is 0. The maximum atomic E-state index is 11.7. The van der Waals surface area contributed by atoms with Crippen LogP contribution in [0.3, 0.4) is 0 Å². The molecule has 2 nitrogen and oxygen atoms in total. The summed E-state index contributed by atoms with van der Waals surface area (Å²) in [5, 5.41) is 2.94. The van der Waals surface area contributed by atoms with Crippen LogP contribution in [0, 0.1) is 0 Å². The summed E-state index contributed by atoms with van der Waals surface area (Å²) in [6.45, 7) is 3.24. The molecule has 0 atom stereocenters. The van der Waals surface area contributed by atoms with Crippen LogP contribution in [0.4, 0.5) is 13.2 Å². The first kappa shape index (κ1) is 13.4. The third-order valence-electron chi connectivity index (χ3n) is 1.75. The van der Waals surface area contributed by atoms with Gasteiger partial charge in [0.15, 0.2) is 0 Å². The molecule has 0 bridgehead atoms. The molecular weight excluding hydrogens is 195 g/mol. The Bertz CT molecular complexity index is 168. The molecule has 14 heavy (non-hydrogen) atoms. The fraction of sp³-hybridized carbons (Fsp3) is 0.889. The largest absolute Gasteiger partial charge is 0.389 e. The summed E-state index contributed by atoms with van der Waals surface area (Å²) < 4.78 is 35.1. The van der Waals surface area contributed by atoms with E-state index in [0.717, 1.165) is 6.54 Å². The first-order chi connectivity index (χ1) is 6.45. The number of alkyl halides is 3. The molecule has 0 rings (SSSR count). The minimum absolute atomic E-state index is 0.0326. The molecule has 0 aliphatic rings. The Balaban J connectivity index is 3.36. The highest BCUT2D eigenvalue weighted by Gasteiger charge is 2.26. The summed E-state index contributed by atoms with van der Waals surface area (Å²) in [6, 6.07) is 0. The van der Waals surface area contributed by atoms with E-state index in [2.05, 4.69) is 5.32 Å². The molecule has 0 saturated heterocycles. The molecule has 0 aliphatic heterocycles. The van der Waals surface area contributed by atoms with Gasteiger partial charge in [-0.15, -0.1) is 0 Å². The van der Waals surface area contributed by atoms with Gasteiger partial charge < -0.3 is 5.32 Å². The highest BCUT2D eigenvalue weighted by molar-refractivity contribution is 5.78. The fourth-order valence-electron chi connectivity index (χ4n) is 1.02. The molecule has 0 spiro atoms. The number of hydrogen-bond acceptors (Lipinski definition) is 2. The molecule has 1 N–H and O–H groups in total. The molecule has 0 aliphatic carbocycles. The molecule has 0 saturated carbocycles. The molecular formula is C9H16F3NO. The van der Waals surface area contributed by atoms with Crippen LogP contribution in [0.5, 0.6) is 0 Å². The average Bonchev–Trinajstić information content (AvgIpc) is 2.02. The van der Waals surface area contributed by atoms with Crippen LogP contribution in [0.15, 0.2) is 0 Å². The van der Waals surface area contributed by atoms with Gasteiger partial charge in [-0.1, -0.05) is 6.92 Å². The van der Waals surface area contributed by atoms with Crippen molar-refractivity contribution in [1.29, 1.82) is 0 Å². The SMILES string of the molecule is CCNCCC(=O)CCCC(F)(F)F. The molecule has 0 amide bonds. The van der Waals surface area contributed by atoms with Crippen LogP contribution >= 0.6 is 0 Å². The Morgan fingerprint density at radius 1 is 1.29 bits per heavy atom. The van der Waals surface area contributed by atoms with Gasteiger partial charge in [-0.05, 0) is 13.0 Å². The second-order valence-corrected chi connectivity index (χ2v) is 3.11. The lowest BCUT2D eigenvalue weighted by atomic mass is 10.1. The lowest BCUT2D eigenvalue weighted by Crippen LogP contribution is -2.17. The Labute approximate surface area is 81.9 Å². The lowest BCUT2D eigenvalue weighted by Gasteiger charge is -2.05. The van der Waals surface area contributed by atoms with E-state index in [1.807, 2.05) is 6.92 Å². The number of rotatable bonds is 7. The number of carbonyl (C=O) groups excluding carboxylic acids is 1. The topological polar surface area (TPSA) is 29.1 Å². The first-order valence-corrected chi connectivity index (χ1v) is 4.75. The molecule has 0 aromatic carbocycles. The van der Waals surface area contributed by atoms with Crippen molar-refractivity contribution in [2.75, 3.05) is 13.1 Å². The second-order valence-electron chi connectivity index (χ2n) is 3.11. The van der Waals surface area contributed by atoms with Gasteiger partial charge in [-0.25, -0.2) is 0 Å². The number of Topliss-reactive ketones (excluding diaryl/α,β-unsaturated/α-hetero) is 1. The van der Waals surface area contributed by atoms with Crippen molar-refractivity contribution in [2.24, 2.45) is 0 Å². The Morgan fingerprint density at radius 2 is 1.93 bits per heavy atom. The molecule has 0 fully saturated rings. The Kier molecular flexibility index (Phi) is 6.53. The number of halogens is 3. The van der Waals surface area contributed by atoms with Gasteiger partial charge in [0.05, 0.1) is 0 Å². The van der Waals surface area contributed by atoms with Crippen LogP contribution in [-0.4, -0.2) is 25.0 Å². The van der Waals surface area contributed by atoms with E-state index in [4.69, 9.17) is 0 Å². The maximum Gasteiger partial charge on any atom is 0.389 e. The fourth-order valence-corrected chi connectivity index (χ4v) is 1.02. The van der Waals surface area contributed by atoms with Crippen LogP contribution in [0.25, 0.3) is 0 Å². The van der Waals surface area contributed by atoms with Crippen LogP contribution in [0.2, 0.25) is 0 Å². The van der Waals surface area contributed by atoms with Gasteiger partial charge in [0.25, 0.3) is 0 Å². The Morgan fingerprint density at radius 3 is 2.43 bits per heavy atom. The second kappa shape index (κ2) is 6.81. The molecule has 0 unspecified atom stereocenters. The predicted octanol–water partition coefficient (Wildman–Crippen LogP) is 2.29. The predicted molar refractivity (Wildman–Crippen MR) is 48.1 cm³/mol. The zero-order valence-electron chi connectivity index (χ0n) is 8.28. The third kappa shape index (κ3) is 9.51. The van der Waals surface area contributed by atoms with Crippen LogP contribution in [0.1, 0.15) is 32.6 Å². The van der Waals surface area contributed by atoms with Crippen molar-refractivity contribution in [3.05, 3.63) is 0 Å².